The van der Waals surface area contributed by atoms with Gasteiger partial charge in [0.25, 0.3) is 0 Å². The largest absolute Gasteiger partial charge is 0.383 e. The Morgan fingerprint density at radius 1 is 1.62 bits per heavy atom. The first-order valence-electron chi connectivity index (χ1n) is 3.33. The second-order valence-electron chi connectivity index (χ2n) is 2.59. The molecule has 0 aliphatic carbocycles. The standard InChI is InChI=1S/C6H8BrN3O2S/c1-13(11,12)3-5-9-2-4(7)6(8)10-5/h2H,3H2,1H3,(H2,8,9,10). The minimum atomic E-state index is -3.10. The zero-order valence-corrected chi connectivity index (χ0v) is 9.26. The van der Waals surface area contributed by atoms with Crippen molar-refractivity contribution in [1.29, 1.82) is 0 Å². The number of rotatable bonds is 2. The molecule has 0 saturated heterocycles. The predicted molar refractivity (Wildman–Crippen MR) is 52.7 cm³/mol. The highest BCUT2D eigenvalue weighted by Crippen LogP contribution is 2.15. The maximum atomic E-state index is 10.9. The topological polar surface area (TPSA) is 85.9 Å². The molecule has 0 atom stereocenters. The lowest BCUT2D eigenvalue weighted by Crippen LogP contribution is -2.06. The fraction of sp³-hybridized carbons (Fsp3) is 0.333. The van der Waals surface area contributed by atoms with Crippen LogP contribution in [0.2, 0.25) is 0 Å². The Bertz CT molecular complexity index is 418. The Morgan fingerprint density at radius 2 is 2.23 bits per heavy atom. The van der Waals surface area contributed by atoms with Crippen LogP contribution in [-0.2, 0) is 15.6 Å². The van der Waals surface area contributed by atoms with Crippen molar-refractivity contribution in [3.63, 3.8) is 0 Å². The van der Waals surface area contributed by atoms with Crippen molar-refractivity contribution in [3.05, 3.63) is 16.5 Å². The second-order valence-corrected chi connectivity index (χ2v) is 5.58. The van der Waals surface area contributed by atoms with Gasteiger partial charge in [-0.3, -0.25) is 0 Å². The van der Waals surface area contributed by atoms with E-state index in [1.165, 1.54) is 6.20 Å². The summed E-state index contributed by atoms with van der Waals surface area (Å²) in [6, 6.07) is 0. The van der Waals surface area contributed by atoms with E-state index in [-0.39, 0.29) is 17.4 Å². The van der Waals surface area contributed by atoms with Crippen LogP contribution in [0.25, 0.3) is 0 Å². The summed E-state index contributed by atoms with van der Waals surface area (Å²) in [4.78, 5) is 7.61. The van der Waals surface area contributed by atoms with Gasteiger partial charge in [0.15, 0.2) is 9.84 Å². The van der Waals surface area contributed by atoms with Crippen LogP contribution in [-0.4, -0.2) is 24.6 Å². The van der Waals surface area contributed by atoms with Gasteiger partial charge in [-0.1, -0.05) is 0 Å². The Kier molecular flexibility index (Phi) is 2.87. The number of aromatic nitrogens is 2. The van der Waals surface area contributed by atoms with Crippen molar-refractivity contribution in [2.75, 3.05) is 12.0 Å². The first kappa shape index (κ1) is 10.4. The Labute approximate surface area is 84.4 Å². The van der Waals surface area contributed by atoms with Gasteiger partial charge in [0.05, 0.1) is 4.47 Å². The van der Waals surface area contributed by atoms with Crippen molar-refractivity contribution in [2.24, 2.45) is 0 Å². The third-order valence-corrected chi connectivity index (χ3v) is 2.61. The van der Waals surface area contributed by atoms with Gasteiger partial charge in [-0.2, -0.15) is 0 Å². The summed E-state index contributed by atoms with van der Waals surface area (Å²) >= 11 is 3.11. The highest BCUT2D eigenvalue weighted by atomic mass is 79.9. The molecule has 7 heteroatoms. The summed E-state index contributed by atoms with van der Waals surface area (Å²) in [5.74, 6) is 0.265. The van der Waals surface area contributed by atoms with Crippen LogP contribution in [0.3, 0.4) is 0 Å². The number of hydrogen-bond acceptors (Lipinski definition) is 5. The van der Waals surface area contributed by atoms with E-state index < -0.39 is 9.84 Å². The number of sulfone groups is 1. The monoisotopic (exact) mass is 265 g/mol. The molecule has 0 aliphatic rings. The van der Waals surface area contributed by atoms with Gasteiger partial charge in [0.1, 0.15) is 17.4 Å². The zero-order chi connectivity index (χ0) is 10.1. The second kappa shape index (κ2) is 3.59. The van der Waals surface area contributed by atoms with Crippen molar-refractivity contribution in [3.8, 4) is 0 Å². The van der Waals surface area contributed by atoms with Crippen molar-refractivity contribution >= 4 is 31.6 Å². The van der Waals surface area contributed by atoms with E-state index in [2.05, 4.69) is 25.9 Å². The van der Waals surface area contributed by atoms with E-state index in [4.69, 9.17) is 5.73 Å². The Morgan fingerprint density at radius 3 is 2.69 bits per heavy atom. The molecule has 0 spiro atoms. The fourth-order valence-electron chi connectivity index (χ4n) is 0.723. The van der Waals surface area contributed by atoms with Crippen LogP contribution < -0.4 is 5.73 Å². The highest BCUT2D eigenvalue weighted by Gasteiger charge is 2.08. The molecule has 72 valence electrons. The molecular weight excluding hydrogens is 258 g/mol. The molecule has 0 saturated carbocycles. The van der Waals surface area contributed by atoms with Crippen LogP contribution >= 0.6 is 15.9 Å². The van der Waals surface area contributed by atoms with E-state index in [0.717, 1.165) is 6.26 Å². The van der Waals surface area contributed by atoms with Gasteiger partial charge in [-0.15, -0.1) is 0 Å². The Hall–Kier alpha value is -0.690. The number of nitrogens with two attached hydrogens (primary N) is 1. The number of halogens is 1. The van der Waals surface area contributed by atoms with Crippen LogP contribution in [0.15, 0.2) is 10.7 Å². The van der Waals surface area contributed by atoms with Crippen LogP contribution in [0, 0.1) is 0 Å². The summed E-state index contributed by atoms with van der Waals surface area (Å²) in [6.45, 7) is 0. The normalized spacial score (nSPS) is 11.5. The van der Waals surface area contributed by atoms with E-state index in [1.807, 2.05) is 0 Å². The lowest BCUT2D eigenvalue weighted by atomic mass is 10.5. The van der Waals surface area contributed by atoms with Crippen molar-refractivity contribution in [2.45, 2.75) is 5.75 Å². The van der Waals surface area contributed by atoms with Crippen LogP contribution in [0.4, 0.5) is 5.82 Å². The molecule has 13 heavy (non-hydrogen) atoms. The van der Waals surface area contributed by atoms with Crippen LogP contribution in [0.1, 0.15) is 5.82 Å². The zero-order valence-electron chi connectivity index (χ0n) is 6.86. The predicted octanol–water partition coefficient (Wildman–Crippen LogP) is 0.366. The quantitative estimate of drug-likeness (QED) is 0.835. The summed E-state index contributed by atoms with van der Waals surface area (Å²) in [5.41, 5.74) is 5.45. The van der Waals surface area contributed by atoms with Crippen molar-refractivity contribution < 1.29 is 8.42 Å². The van der Waals surface area contributed by atoms with Gasteiger partial charge in [-0.05, 0) is 15.9 Å². The van der Waals surface area contributed by atoms with E-state index in [9.17, 15) is 8.42 Å². The molecule has 0 bridgehead atoms. The van der Waals surface area contributed by atoms with E-state index in [1.54, 1.807) is 0 Å². The third kappa shape index (κ3) is 3.27. The van der Waals surface area contributed by atoms with Gasteiger partial charge >= 0.3 is 0 Å². The molecule has 2 N–H and O–H groups in total. The summed E-state index contributed by atoms with van der Waals surface area (Å²) < 4.78 is 22.3. The molecule has 1 heterocycles. The number of hydrogen-bond donors (Lipinski definition) is 1. The number of nitrogen functional groups attached to an aromatic ring is 1. The Balaban J connectivity index is 2.99. The number of nitrogens with zero attached hydrogens (tertiary/aromatic N) is 2. The molecule has 0 aromatic carbocycles. The summed E-state index contributed by atoms with van der Waals surface area (Å²) in [6.07, 6.45) is 2.55. The fourth-order valence-corrected chi connectivity index (χ4v) is 1.52. The van der Waals surface area contributed by atoms with E-state index in [0.29, 0.717) is 4.47 Å². The van der Waals surface area contributed by atoms with Gasteiger partial charge in [-0.25, -0.2) is 18.4 Å². The maximum absolute atomic E-state index is 10.9. The van der Waals surface area contributed by atoms with Gasteiger partial charge in [0, 0.05) is 12.5 Å². The van der Waals surface area contributed by atoms with Crippen LogP contribution in [0.5, 0.6) is 0 Å². The lowest BCUT2D eigenvalue weighted by molar-refractivity contribution is 0.599. The highest BCUT2D eigenvalue weighted by molar-refractivity contribution is 9.10. The summed E-state index contributed by atoms with van der Waals surface area (Å²) in [7, 11) is -3.10. The maximum Gasteiger partial charge on any atom is 0.154 e. The third-order valence-electron chi connectivity index (χ3n) is 1.21. The van der Waals surface area contributed by atoms with Crippen molar-refractivity contribution in [1.82, 2.24) is 9.97 Å². The van der Waals surface area contributed by atoms with E-state index >= 15 is 0 Å². The molecule has 0 unspecified atom stereocenters. The first-order valence-corrected chi connectivity index (χ1v) is 6.18. The molecule has 0 fully saturated rings. The average molecular weight is 266 g/mol. The van der Waals surface area contributed by atoms with Gasteiger partial charge in [0.2, 0.25) is 0 Å². The SMILES string of the molecule is CS(=O)(=O)Cc1ncc(Br)c(N)n1. The minimum absolute atomic E-state index is 0.190. The molecule has 1 aromatic heterocycles. The van der Waals surface area contributed by atoms with Gasteiger partial charge < -0.3 is 5.73 Å². The summed E-state index contributed by atoms with van der Waals surface area (Å²) in [5, 5.41) is 0. The molecule has 0 aliphatic heterocycles. The minimum Gasteiger partial charge on any atom is -0.383 e. The lowest BCUT2D eigenvalue weighted by Gasteiger charge is -2.00. The molecular formula is C6H8BrN3O2S. The first-order chi connectivity index (χ1) is 5.88. The molecule has 0 radical (unpaired) electrons. The number of anilines is 1. The smallest absolute Gasteiger partial charge is 0.154 e. The average Bonchev–Trinajstić information content (AvgIpc) is 1.94. The molecule has 1 aromatic rings. The molecule has 1 rings (SSSR count). The molecule has 5 nitrogen and oxygen atoms in total. The molecule has 0 amide bonds.